The molecular weight excluding hydrogens is 476 g/mol. The molecule has 0 radical (unpaired) electrons. The Hall–Kier alpha value is -2.99. The molecule has 1 atom stereocenters. The lowest BCUT2D eigenvalue weighted by Crippen LogP contribution is -2.32. The number of hydrogen-bond donors (Lipinski definition) is 2. The van der Waals surface area contributed by atoms with Crippen molar-refractivity contribution in [2.75, 3.05) is 25.0 Å². The topological polar surface area (TPSA) is 118 Å². The number of aryl methyl sites for hydroxylation is 1. The molecule has 0 bridgehead atoms. The van der Waals surface area contributed by atoms with E-state index in [1.54, 1.807) is 0 Å². The maximum Gasteiger partial charge on any atom is 0.255 e. The summed E-state index contributed by atoms with van der Waals surface area (Å²) in [5, 5.41) is 4.74. The van der Waals surface area contributed by atoms with E-state index in [2.05, 4.69) is 16.6 Å². The van der Waals surface area contributed by atoms with E-state index < -0.39 is 20.0 Å². The van der Waals surface area contributed by atoms with E-state index >= 15 is 0 Å². The minimum atomic E-state index is -3.75. The van der Waals surface area contributed by atoms with Gasteiger partial charge in [-0.15, -0.1) is 0 Å². The first kappa shape index (κ1) is 24.1. The lowest BCUT2D eigenvalue weighted by atomic mass is 10.1. The van der Waals surface area contributed by atoms with Gasteiger partial charge in [-0.3, -0.25) is 4.79 Å². The molecule has 0 aliphatic carbocycles. The van der Waals surface area contributed by atoms with Gasteiger partial charge in [0.1, 0.15) is 0 Å². The first-order valence-corrected chi connectivity index (χ1v) is 13.7. The summed E-state index contributed by atoms with van der Waals surface area (Å²) in [6.07, 6.45) is 2.49. The third-order valence-corrected chi connectivity index (χ3v) is 8.83. The van der Waals surface area contributed by atoms with Crippen LogP contribution in [0.5, 0.6) is 0 Å². The van der Waals surface area contributed by atoms with Gasteiger partial charge in [-0.2, -0.15) is 4.31 Å². The van der Waals surface area contributed by atoms with Crippen molar-refractivity contribution in [3.63, 3.8) is 0 Å². The number of aromatic nitrogens is 1. The minimum absolute atomic E-state index is 0.0848. The molecule has 0 unspecified atom stereocenters. The van der Waals surface area contributed by atoms with Gasteiger partial charge in [0, 0.05) is 55.1 Å². The predicted octanol–water partition coefficient (Wildman–Crippen LogP) is 2.50. The van der Waals surface area contributed by atoms with E-state index in [0.717, 1.165) is 16.3 Å². The molecule has 34 heavy (non-hydrogen) atoms. The molecule has 1 aliphatic rings. The number of sulfonamides is 2. The SMILES string of the molecule is C=CS(=O)(=O)NC[C@H]1CCN(S(=O)(=O)c2ccc(C(=O)Nc3ccc4ccn(C)c4c3)cc2)C1. The number of amides is 1. The summed E-state index contributed by atoms with van der Waals surface area (Å²) in [6, 6.07) is 13.4. The summed E-state index contributed by atoms with van der Waals surface area (Å²) in [4.78, 5) is 12.8. The lowest BCUT2D eigenvalue weighted by molar-refractivity contribution is 0.102. The van der Waals surface area contributed by atoms with Crippen LogP contribution in [0.15, 0.2) is 71.6 Å². The second-order valence-corrected chi connectivity index (χ2v) is 11.9. The van der Waals surface area contributed by atoms with E-state index in [1.165, 1.54) is 28.6 Å². The van der Waals surface area contributed by atoms with Gasteiger partial charge in [0.05, 0.1) is 4.90 Å². The second-order valence-electron chi connectivity index (χ2n) is 8.26. The van der Waals surface area contributed by atoms with Crippen LogP contribution in [0.3, 0.4) is 0 Å². The maximum atomic E-state index is 13.0. The molecule has 1 aromatic heterocycles. The smallest absolute Gasteiger partial charge is 0.255 e. The summed E-state index contributed by atoms with van der Waals surface area (Å²) in [5.41, 5.74) is 1.97. The van der Waals surface area contributed by atoms with Crippen LogP contribution in [0.1, 0.15) is 16.8 Å². The minimum Gasteiger partial charge on any atom is -0.350 e. The van der Waals surface area contributed by atoms with Gasteiger partial charge in [-0.25, -0.2) is 21.6 Å². The van der Waals surface area contributed by atoms with Crippen molar-refractivity contribution in [1.29, 1.82) is 0 Å². The predicted molar refractivity (Wildman–Crippen MR) is 131 cm³/mol. The number of anilines is 1. The number of rotatable bonds is 8. The Kier molecular flexibility index (Phi) is 6.63. The fourth-order valence-corrected chi connectivity index (χ4v) is 6.06. The highest BCUT2D eigenvalue weighted by Gasteiger charge is 2.32. The molecule has 0 saturated carbocycles. The first-order valence-electron chi connectivity index (χ1n) is 10.7. The summed E-state index contributed by atoms with van der Waals surface area (Å²) in [6.45, 7) is 3.90. The molecule has 9 nitrogen and oxygen atoms in total. The van der Waals surface area contributed by atoms with Crippen LogP contribution in [-0.4, -0.2) is 51.2 Å². The third kappa shape index (κ3) is 5.07. The van der Waals surface area contributed by atoms with Crippen LogP contribution >= 0.6 is 0 Å². The van der Waals surface area contributed by atoms with Gasteiger partial charge >= 0.3 is 0 Å². The van der Waals surface area contributed by atoms with E-state index in [1.807, 2.05) is 42.1 Å². The third-order valence-electron chi connectivity index (χ3n) is 5.94. The summed E-state index contributed by atoms with van der Waals surface area (Å²) < 4.78 is 54.8. The Morgan fingerprint density at radius 1 is 1.12 bits per heavy atom. The van der Waals surface area contributed by atoms with Gasteiger partial charge < -0.3 is 9.88 Å². The molecule has 2 N–H and O–H groups in total. The molecular formula is C23H26N4O5S2. The Balaban J connectivity index is 1.41. The Bertz CT molecular complexity index is 1440. The Morgan fingerprint density at radius 2 is 1.85 bits per heavy atom. The molecule has 1 saturated heterocycles. The van der Waals surface area contributed by atoms with Gasteiger partial charge in [0.2, 0.25) is 20.0 Å². The molecule has 2 heterocycles. The van der Waals surface area contributed by atoms with Crippen LogP contribution in [-0.2, 0) is 27.1 Å². The Morgan fingerprint density at radius 3 is 2.56 bits per heavy atom. The fourth-order valence-electron chi connectivity index (χ4n) is 3.95. The van der Waals surface area contributed by atoms with Crippen LogP contribution in [0.25, 0.3) is 10.9 Å². The molecule has 1 aliphatic heterocycles. The molecule has 1 fully saturated rings. The molecule has 180 valence electrons. The van der Waals surface area contributed by atoms with Crippen LogP contribution in [0.2, 0.25) is 0 Å². The number of nitrogens with one attached hydrogen (secondary N) is 2. The van der Waals surface area contributed by atoms with Crippen molar-refractivity contribution in [2.45, 2.75) is 11.3 Å². The highest BCUT2D eigenvalue weighted by atomic mass is 32.2. The Labute approximate surface area is 199 Å². The highest BCUT2D eigenvalue weighted by Crippen LogP contribution is 2.25. The largest absolute Gasteiger partial charge is 0.350 e. The van der Waals surface area contributed by atoms with Crippen molar-refractivity contribution in [2.24, 2.45) is 13.0 Å². The molecule has 1 amide bonds. The fraction of sp³-hybridized carbons (Fsp3) is 0.261. The zero-order valence-electron chi connectivity index (χ0n) is 18.6. The number of fused-ring (bicyclic) bond motifs is 1. The first-order chi connectivity index (χ1) is 16.1. The quantitative estimate of drug-likeness (QED) is 0.491. The molecule has 3 aromatic rings. The highest BCUT2D eigenvalue weighted by molar-refractivity contribution is 7.92. The van der Waals surface area contributed by atoms with Gasteiger partial charge in [-0.1, -0.05) is 12.6 Å². The second kappa shape index (κ2) is 9.34. The lowest BCUT2D eigenvalue weighted by Gasteiger charge is -2.17. The van der Waals surface area contributed by atoms with Gasteiger partial charge in [-0.05, 0) is 60.2 Å². The van der Waals surface area contributed by atoms with E-state index in [9.17, 15) is 21.6 Å². The van der Waals surface area contributed by atoms with Gasteiger partial charge in [0.15, 0.2) is 0 Å². The van der Waals surface area contributed by atoms with Crippen molar-refractivity contribution >= 4 is 42.5 Å². The molecule has 0 spiro atoms. The standard InChI is InChI=1S/C23H26N4O5S2/c1-3-33(29,30)24-15-17-10-13-27(16-17)34(31,32)21-8-5-19(6-9-21)23(28)25-20-7-4-18-11-12-26(2)22(18)14-20/h3-9,11-12,14,17,24H,1,10,13,15-16H2,2H3,(H,25,28)/t17-/m1/s1. The molecule has 2 aromatic carbocycles. The van der Waals surface area contributed by atoms with Crippen LogP contribution in [0, 0.1) is 5.92 Å². The summed E-state index contributed by atoms with van der Waals surface area (Å²) >= 11 is 0. The number of carbonyl (C=O) groups excluding carboxylic acids is 1. The maximum absolute atomic E-state index is 13.0. The van der Waals surface area contributed by atoms with Crippen LogP contribution in [0.4, 0.5) is 5.69 Å². The summed E-state index contributed by atoms with van der Waals surface area (Å²) in [7, 11) is -5.38. The monoisotopic (exact) mass is 502 g/mol. The van der Waals surface area contributed by atoms with Crippen molar-refractivity contribution < 1.29 is 21.6 Å². The van der Waals surface area contributed by atoms with Gasteiger partial charge in [0.25, 0.3) is 5.91 Å². The summed E-state index contributed by atoms with van der Waals surface area (Å²) in [5.74, 6) is -0.468. The van der Waals surface area contributed by atoms with Crippen molar-refractivity contribution in [3.8, 4) is 0 Å². The van der Waals surface area contributed by atoms with E-state index in [-0.39, 0.29) is 29.8 Å². The average molecular weight is 503 g/mol. The molecule has 11 heteroatoms. The van der Waals surface area contributed by atoms with Crippen molar-refractivity contribution in [1.82, 2.24) is 13.6 Å². The van der Waals surface area contributed by atoms with E-state index in [4.69, 9.17) is 0 Å². The molecule has 4 rings (SSSR count). The number of carbonyl (C=O) groups is 1. The normalized spacial score (nSPS) is 17.1. The van der Waals surface area contributed by atoms with Crippen molar-refractivity contribution in [3.05, 3.63) is 72.3 Å². The average Bonchev–Trinajstić information content (AvgIpc) is 3.45. The van der Waals surface area contributed by atoms with E-state index in [0.29, 0.717) is 24.2 Å². The number of nitrogens with zero attached hydrogens (tertiary/aromatic N) is 2. The number of benzene rings is 2. The van der Waals surface area contributed by atoms with Crippen LogP contribution < -0.4 is 10.0 Å². The zero-order valence-corrected chi connectivity index (χ0v) is 20.3. The zero-order chi connectivity index (χ0) is 24.5. The number of hydrogen-bond acceptors (Lipinski definition) is 5.